The van der Waals surface area contributed by atoms with Crippen molar-refractivity contribution in [3.05, 3.63) is 70.8 Å². The maximum absolute atomic E-state index is 12.0. The van der Waals surface area contributed by atoms with E-state index in [1.54, 1.807) is 28.9 Å². The van der Waals surface area contributed by atoms with Gasteiger partial charge in [-0.05, 0) is 17.7 Å². The third-order valence-corrected chi connectivity index (χ3v) is 5.39. The molecule has 1 aromatic carbocycles. The number of fused-ring (bicyclic) bond motifs is 1. The Kier molecular flexibility index (Phi) is 4.41. The van der Waals surface area contributed by atoms with Crippen molar-refractivity contribution in [2.24, 2.45) is 5.10 Å². The molecule has 7 heteroatoms. The molecule has 0 spiro atoms. The predicted molar refractivity (Wildman–Crippen MR) is 102 cm³/mol. The van der Waals surface area contributed by atoms with Gasteiger partial charge in [0.25, 0.3) is 0 Å². The number of hydrazone groups is 1. The van der Waals surface area contributed by atoms with E-state index in [4.69, 9.17) is 0 Å². The summed E-state index contributed by atoms with van der Waals surface area (Å²) in [6.45, 7) is 0. The van der Waals surface area contributed by atoms with Crippen molar-refractivity contribution < 1.29 is 4.79 Å². The summed E-state index contributed by atoms with van der Waals surface area (Å²) in [7, 11) is 0. The van der Waals surface area contributed by atoms with E-state index in [-0.39, 0.29) is 12.3 Å². The van der Waals surface area contributed by atoms with E-state index >= 15 is 0 Å². The Morgan fingerprint density at radius 3 is 2.96 bits per heavy atom. The van der Waals surface area contributed by atoms with E-state index in [1.807, 2.05) is 46.4 Å². The fraction of sp³-hybridized carbons (Fsp3) is 0.0556. The minimum absolute atomic E-state index is 0.179. The van der Waals surface area contributed by atoms with Crippen LogP contribution >= 0.6 is 22.7 Å². The number of nitrogens with one attached hydrogen (secondary N) is 1. The van der Waals surface area contributed by atoms with Crippen LogP contribution in [0.4, 0.5) is 0 Å². The van der Waals surface area contributed by atoms with E-state index in [0.29, 0.717) is 0 Å². The summed E-state index contributed by atoms with van der Waals surface area (Å²) >= 11 is 3.17. The minimum atomic E-state index is -0.179. The fourth-order valence-corrected chi connectivity index (χ4v) is 4.02. The molecule has 0 bridgehead atoms. The first-order valence-electron chi connectivity index (χ1n) is 7.66. The second kappa shape index (κ2) is 7.00. The molecule has 4 rings (SSSR count). The molecule has 3 aromatic heterocycles. The summed E-state index contributed by atoms with van der Waals surface area (Å²) in [6.07, 6.45) is 5.67. The normalized spacial score (nSPS) is 11.4. The average Bonchev–Trinajstić information content (AvgIpc) is 3.32. The van der Waals surface area contributed by atoms with Gasteiger partial charge in [-0.25, -0.2) is 10.4 Å². The van der Waals surface area contributed by atoms with Crippen LogP contribution in [0.1, 0.15) is 10.6 Å². The van der Waals surface area contributed by atoms with Crippen LogP contribution in [-0.2, 0) is 11.2 Å². The van der Waals surface area contributed by atoms with Crippen molar-refractivity contribution in [2.75, 3.05) is 0 Å². The Balaban J connectivity index is 1.35. The molecule has 1 amide bonds. The van der Waals surface area contributed by atoms with Crippen LogP contribution < -0.4 is 5.43 Å². The zero-order valence-corrected chi connectivity index (χ0v) is 14.8. The smallest absolute Gasteiger partial charge is 0.246 e. The van der Waals surface area contributed by atoms with E-state index < -0.39 is 0 Å². The monoisotopic (exact) mass is 366 g/mol. The first kappa shape index (κ1) is 15.7. The van der Waals surface area contributed by atoms with Gasteiger partial charge in [-0.3, -0.25) is 9.20 Å². The molecule has 0 saturated heterocycles. The molecule has 0 aliphatic rings. The zero-order chi connectivity index (χ0) is 17.1. The number of aromatic nitrogens is 2. The number of carbonyl (C=O) groups excluding carboxylic acids is 1. The minimum Gasteiger partial charge on any atom is -0.297 e. The molecule has 0 aliphatic carbocycles. The Morgan fingerprint density at radius 1 is 1.24 bits per heavy atom. The Hall–Kier alpha value is -2.77. The van der Waals surface area contributed by atoms with Crippen LogP contribution in [0.25, 0.3) is 15.4 Å². The van der Waals surface area contributed by atoms with E-state index in [0.717, 1.165) is 15.5 Å². The molecule has 0 saturated carbocycles. The van der Waals surface area contributed by atoms with Crippen molar-refractivity contribution in [1.82, 2.24) is 14.8 Å². The number of carbonyl (C=O) groups is 1. The van der Waals surface area contributed by atoms with Gasteiger partial charge in [-0.15, -0.1) is 22.7 Å². The lowest BCUT2D eigenvalue weighted by atomic mass is 10.2. The van der Waals surface area contributed by atoms with Gasteiger partial charge >= 0.3 is 0 Å². The van der Waals surface area contributed by atoms with Crippen LogP contribution in [0.3, 0.4) is 0 Å². The third kappa shape index (κ3) is 3.67. The Morgan fingerprint density at radius 2 is 2.12 bits per heavy atom. The molecule has 124 valence electrons. The Bertz CT molecular complexity index is 1000. The van der Waals surface area contributed by atoms with Crippen LogP contribution in [-0.4, -0.2) is 21.5 Å². The summed E-state index contributed by atoms with van der Waals surface area (Å²) in [6, 6.07) is 14.2. The quantitative estimate of drug-likeness (QED) is 0.431. The van der Waals surface area contributed by atoms with Gasteiger partial charge in [-0.2, -0.15) is 5.10 Å². The lowest BCUT2D eigenvalue weighted by molar-refractivity contribution is -0.120. The topological polar surface area (TPSA) is 58.8 Å². The summed E-state index contributed by atoms with van der Waals surface area (Å²) in [5, 5.41) is 6.00. The van der Waals surface area contributed by atoms with Gasteiger partial charge in [0, 0.05) is 27.5 Å². The number of hydrogen-bond donors (Lipinski definition) is 1. The molecule has 25 heavy (non-hydrogen) atoms. The van der Waals surface area contributed by atoms with Crippen molar-refractivity contribution in [3.8, 4) is 10.4 Å². The Labute approximate surface area is 152 Å². The molecule has 5 nitrogen and oxygen atoms in total. The van der Waals surface area contributed by atoms with Gasteiger partial charge in [0.1, 0.15) is 0 Å². The third-order valence-electron chi connectivity index (χ3n) is 3.55. The first-order valence-corrected chi connectivity index (χ1v) is 9.36. The van der Waals surface area contributed by atoms with Crippen molar-refractivity contribution >= 4 is 39.8 Å². The van der Waals surface area contributed by atoms with Gasteiger partial charge < -0.3 is 0 Å². The zero-order valence-electron chi connectivity index (χ0n) is 13.1. The molecule has 0 radical (unpaired) electrons. The molecule has 1 N–H and O–H groups in total. The van der Waals surface area contributed by atoms with Crippen molar-refractivity contribution in [1.29, 1.82) is 0 Å². The number of rotatable bonds is 5. The van der Waals surface area contributed by atoms with Gasteiger partial charge in [0.05, 0.1) is 18.3 Å². The fourth-order valence-electron chi connectivity index (χ4n) is 2.41. The molecule has 0 atom stereocenters. The number of benzene rings is 1. The van der Waals surface area contributed by atoms with Gasteiger partial charge in [0.15, 0.2) is 4.96 Å². The molecule has 3 heterocycles. The molecular formula is C18H14N4OS2. The second-order valence-corrected chi connectivity index (χ2v) is 7.35. The summed E-state index contributed by atoms with van der Waals surface area (Å²) in [5.74, 6) is -0.179. The van der Waals surface area contributed by atoms with Crippen LogP contribution in [0.5, 0.6) is 0 Å². The number of thiazole rings is 1. The molecule has 0 fully saturated rings. The first-order chi connectivity index (χ1) is 12.3. The van der Waals surface area contributed by atoms with E-state index in [9.17, 15) is 4.79 Å². The standard InChI is InChI=1S/C18H14N4OS2/c23-17(10-14-12-22-8-9-24-18(22)20-14)21-19-11-15-6-7-16(25-15)13-4-2-1-3-5-13/h1-9,11-12H,10H2,(H,21,23)/b19-11-. The molecular weight excluding hydrogens is 352 g/mol. The predicted octanol–water partition coefficient (Wildman–Crippen LogP) is 3.82. The van der Waals surface area contributed by atoms with Crippen molar-refractivity contribution in [3.63, 3.8) is 0 Å². The molecule has 4 aromatic rings. The van der Waals surface area contributed by atoms with Crippen molar-refractivity contribution in [2.45, 2.75) is 6.42 Å². The summed E-state index contributed by atoms with van der Waals surface area (Å²) in [4.78, 5) is 19.4. The van der Waals surface area contributed by atoms with Crippen LogP contribution in [0.15, 0.2) is 65.3 Å². The number of hydrogen-bond acceptors (Lipinski definition) is 5. The summed E-state index contributed by atoms with van der Waals surface area (Å²) in [5.41, 5.74) is 4.47. The van der Waals surface area contributed by atoms with Crippen LogP contribution in [0, 0.1) is 0 Å². The lowest BCUT2D eigenvalue weighted by Crippen LogP contribution is -2.19. The molecule has 0 aliphatic heterocycles. The SMILES string of the molecule is O=C(Cc1cn2ccsc2n1)N/N=C\c1ccc(-c2ccccc2)s1. The number of nitrogens with zero attached hydrogens (tertiary/aromatic N) is 3. The highest BCUT2D eigenvalue weighted by molar-refractivity contribution is 7.17. The highest BCUT2D eigenvalue weighted by Gasteiger charge is 2.07. The molecule has 0 unspecified atom stereocenters. The van der Waals surface area contributed by atoms with E-state index in [1.165, 1.54) is 10.4 Å². The average molecular weight is 366 g/mol. The number of amides is 1. The second-order valence-electron chi connectivity index (χ2n) is 5.36. The highest BCUT2D eigenvalue weighted by atomic mass is 32.1. The van der Waals surface area contributed by atoms with Crippen LogP contribution in [0.2, 0.25) is 0 Å². The highest BCUT2D eigenvalue weighted by Crippen LogP contribution is 2.26. The maximum Gasteiger partial charge on any atom is 0.246 e. The maximum atomic E-state index is 12.0. The van der Waals surface area contributed by atoms with Gasteiger partial charge in [0.2, 0.25) is 5.91 Å². The summed E-state index contributed by atoms with van der Waals surface area (Å²) < 4.78 is 1.91. The number of thiophene rings is 1. The number of imidazole rings is 1. The van der Waals surface area contributed by atoms with Gasteiger partial charge in [-0.1, -0.05) is 30.3 Å². The lowest BCUT2D eigenvalue weighted by Gasteiger charge is -1.96. The largest absolute Gasteiger partial charge is 0.297 e. The van der Waals surface area contributed by atoms with E-state index in [2.05, 4.69) is 33.7 Å².